The first kappa shape index (κ1) is 27.8. The van der Waals surface area contributed by atoms with Gasteiger partial charge in [-0.25, -0.2) is 4.39 Å². The quantitative estimate of drug-likeness (QED) is 0.214. The molecule has 2 aliphatic carbocycles. The second-order valence-electron chi connectivity index (χ2n) is 11.3. The van der Waals surface area contributed by atoms with E-state index in [4.69, 9.17) is 9.84 Å². The summed E-state index contributed by atoms with van der Waals surface area (Å²) < 4.78 is 19.6. The number of thiazole rings is 1. The lowest BCUT2D eigenvalue weighted by atomic mass is 9.68. The van der Waals surface area contributed by atoms with E-state index >= 15 is 0 Å². The standard InChI is InChI=1S/C29H24FN3O8S2/c30-13-3-1-12(2-4-13)11-41-18-6-5-14(33(39)40)9-15(18)20-21-16-10-17(24(21)42-26-25(20)43-29(38)31-26)23-22(16)27(36)32(28(23)37)8-7-19(34)35/h1-6,9,16-17,20-24H,7-8,10-11H2,(H,31,38)(H,34,35)/t16-,17-,20+,21-,22+,23-,24+/m1/s1. The second-order valence-corrected chi connectivity index (χ2v) is 13.5. The van der Waals surface area contributed by atoms with Crippen molar-refractivity contribution in [3.63, 3.8) is 0 Å². The number of benzene rings is 2. The van der Waals surface area contributed by atoms with Gasteiger partial charge in [-0.1, -0.05) is 23.5 Å². The van der Waals surface area contributed by atoms with Crippen LogP contribution in [0.3, 0.4) is 0 Å². The molecule has 1 saturated heterocycles. The number of thioether (sulfide) groups is 1. The molecule has 0 unspecified atom stereocenters. The van der Waals surface area contributed by atoms with E-state index in [9.17, 15) is 33.7 Å². The van der Waals surface area contributed by atoms with E-state index < -0.39 is 34.5 Å². The highest BCUT2D eigenvalue weighted by Crippen LogP contribution is 2.69. The van der Waals surface area contributed by atoms with E-state index in [2.05, 4.69) is 4.98 Å². The van der Waals surface area contributed by atoms with Crippen molar-refractivity contribution in [2.75, 3.05) is 6.54 Å². The lowest BCUT2D eigenvalue weighted by Crippen LogP contribution is -2.42. The molecule has 2 aliphatic heterocycles. The van der Waals surface area contributed by atoms with Gasteiger partial charge < -0.3 is 14.8 Å². The maximum atomic E-state index is 13.6. The van der Waals surface area contributed by atoms with E-state index in [1.165, 1.54) is 42.1 Å². The van der Waals surface area contributed by atoms with Crippen LogP contribution in [-0.2, 0) is 21.0 Å². The molecule has 4 aliphatic rings. The number of amides is 2. The van der Waals surface area contributed by atoms with E-state index in [-0.39, 0.29) is 65.0 Å². The summed E-state index contributed by atoms with van der Waals surface area (Å²) in [5, 5.41) is 21.5. The smallest absolute Gasteiger partial charge is 0.305 e. The summed E-state index contributed by atoms with van der Waals surface area (Å²) in [7, 11) is 0. The van der Waals surface area contributed by atoms with Crippen molar-refractivity contribution in [3.8, 4) is 5.75 Å². The molecular weight excluding hydrogens is 601 g/mol. The molecule has 7 atom stereocenters. The van der Waals surface area contributed by atoms with Gasteiger partial charge in [0.2, 0.25) is 11.8 Å². The maximum Gasteiger partial charge on any atom is 0.305 e. The zero-order chi connectivity index (χ0) is 30.2. The molecule has 0 spiro atoms. The van der Waals surface area contributed by atoms with Crippen LogP contribution in [-0.4, -0.2) is 49.5 Å². The zero-order valence-electron chi connectivity index (χ0n) is 22.3. The fourth-order valence-electron chi connectivity index (χ4n) is 7.62. The number of carboxylic acids is 1. The predicted molar refractivity (Wildman–Crippen MR) is 151 cm³/mol. The molecule has 3 fully saturated rings. The molecular formula is C29H24FN3O8S2. The number of fused-ring (bicyclic) bond motifs is 9. The Bertz CT molecular complexity index is 1740. The number of rotatable bonds is 8. The Hall–Kier alpha value is -4.04. The minimum absolute atomic E-state index is 0.0686. The van der Waals surface area contributed by atoms with Crippen molar-refractivity contribution in [3.05, 3.63) is 84.1 Å². The number of hydrogen-bond donors (Lipinski definition) is 2. The number of nitro groups is 1. The number of aromatic nitrogens is 1. The molecule has 2 aromatic carbocycles. The van der Waals surface area contributed by atoms with Crippen LogP contribution in [0, 0.1) is 45.5 Å². The maximum absolute atomic E-state index is 13.6. The third kappa shape index (κ3) is 4.46. The van der Waals surface area contributed by atoms with Crippen molar-refractivity contribution in [2.45, 2.75) is 35.6 Å². The summed E-state index contributed by atoms with van der Waals surface area (Å²) in [5.41, 5.74) is 1.04. The molecule has 43 heavy (non-hydrogen) atoms. The number of nitrogens with zero attached hydrogens (tertiary/aromatic N) is 2. The number of likely N-dealkylation sites (tertiary alicyclic amines) is 1. The van der Waals surface area contributed by atoms with E-state index in [0.29, 0.717) is 33.2 Å². The summed E-state index contributed by atoms with van der Waals surface area (Å²) in [6.45, 7) is -0.114. The summed E-state index contributed by atoms with van der Waals surface area (Å²) >= 11 is 2.50. The molecule has 222 valence electrons. The minimum Gasteiger partial charge on any atom is -0.489 e. The number of carbonyl (C=O) groups excluding carboxylic acids is 2. The minimum atomic E-state index is -1.10. The van der Waals surface area contributed by atoms with Crippen LogP contribution in [0.4, 0.5) is 10.1 Å². The van der Waals surface area contributed by atoms with Gasteiger partial charge in [0.05, 0.1) is 28.2 Å². The Morgan fingerprint density at radius 3 is 2.53 bits per heavy atom. The Morgan fingerprint density at radius 1 is 1.12 bits per heavy atom. The third-order valence-corrected chi connectivity index (χ3v) is 11.8. The average molecular weight is 626 g/mol. The molecule has 3 aromatic rings. The number of imide groups is 1. The van der Waals surface area contributed by atoms with Crippen LogP contribution < -0.4 is 9.61 Å². The number of nitrogens with one attached hydrogen (secondary N) is 1. The third-order valence-electron chi connectivity index (χ3n) is 9.21. The number of ether oxygens (including phenoxy) is 1. The average Bonchev–Trinajstić information content (AvgIpc) is 3.70. The fourth-order valence-corrected chi connectivity index (χ4v) is 10.5. The monoisotopic (exact) mass is 625 g/mol. The van der Waals surface area contributed by atoms with Gasteiger partial charge in [-0.05, 0) is 47.9 Å². The van der Waals surface area contributed by atoms with E-state index in [1.807, 2.05) is 0 Å². The van der Waals surface area contributed by atoms with Crippen LogP contribution in [0.15, 0.2) is 52.3 Å². The predicted octanol–water partition coefficient (Wildman–Crippen LogP) is 4.01. The van der Waals surface area contributed by atoms with Crippen LogP contribution in [0.2, 0.25) is 0 Å². The molecule has 1 aromatic heterocycles. The molecule has 2 N–H and O–H groups in total. The highest BCUT2D eigenvalue weighted by molar-refractivity contribution is 8.00. The molecule has 2 amide bonds. The number of hydrogen-bond acceptors (Lipinski definition) is 9. The normalized spacial score (nSPS) is 28.5. The highest BCUT2D eigenvalue weighted by atomic mass is 32.2. The number of non-ortho nitro benzene ring substituents is 1. The van der Waals surface area contributed by atoms with Crippen molar-refractivity contribution in [2.24, 2.45) is 29.6 Å². The lowest BCUT2D eigenvalue weighted by molar-refractivity contribution is -0.385. The Balaban J connectivity index is 1.30. The van der Waals surface area contributed by atoms with Crippen molar-refractivity contribution < 1.29 is 33.5 Å². The van der Waals surface area contributed by atoms with Crippen molar-refractivity contribution >= 4 is 46.6 Å². The number of nitro benzene ring substituents is 1. The molecule has 11 nitrogen and oxygen atoms in total. The number of halogens is 1. The number of carboxylic acid groups (broad SMARTS) is 1. The largest absolute Gasteiger partial charge is 0.489 e. The van der Waals surface area contributed by atoms with Crippen LogP contribution in [0.1, 0.15) is 34.8 Å². The van der Waals surface area contributed by atoms with Gasteiger partial charge in [-0.3, -0.25) is 34.2 Å². The van der Waals surface area contributed by atoms with Gasteiger partial charge in [-0.15, -0.1) is 11.8 Å². The topological polar surface area (TPSA) is 160 Å². The molecule has 7 rings (SSSR count). The second kappa shape index (κ2) is 10.3. The summed E-state index contributed by atoms with van der Waals surface area (Å²) in [4.78, 5) is 66.6. The molecule has 2 saturated carbocycles. The molecule has 3 heterocycles. The van der Waals surface area contributed by atoms with E-state index in [1.54, 1.807) is 12.1 Å². The van der Waals surface area contributed by atoms with Crippen LogP contribution >= 0.6 is 23.1 Å². The fraction of sp³-hybridized carbons (Fsp3) is 0.379. The van der Waals surface area contributed by atoms with Crippen molar-refractivity contribution in [1.82, 2.24) is 9.88 Å². The van der Waals surface area contributed by atoms with Crippen LogP contribution in [0.5, 0.6) is 5.75 Å². The highest BCUT2D eigenvalue weighted by Gasteiger charge is 2.69. The van der Waals surface area contributed by atoms with Gasteiger partial charge in [0.1, 0.15) is 18.2 Å². The van der Waals surface area contributed by atoms with E-state index in [0.717, 1.165) is 16.2 Å². The van der Waals surface area contributed by atoms with Crippen LogP contribution in [0.25, 0.3) is 0 Å². The SMILES string of the molecule is O=C(O)CCN1C(=O)[C@@H]2[C@H]3C[C@@H]([C@@H]2C1=O)[C@@H]1[C@H](c2cc([N+](=O)[O-])ccc2OCc2ccc(F)cc2)c2sc(=O)[nH]c2S[C@@H]31. The van der Waals surface area contributed by atoms with Gasteiger partial charge >= 0.3 is 10.8 Å². The molecule has 0 radical (unpaired) electrons. The van der Waals surface area contributed by atoms with Gasteiger partial charge in [0.25, 0.3) is 5.69 Å². The summed E-state index contributed by atoms with van der Waals surface area (Å²) in [6.07, 6.45) is 0.274. The molecule has 2 bridgehead atoms. The number of H-pyrrole nitrogens is 1. The first-order valence-electron chi connectivity index (χ1n) is 13.7. The van der Waals surface area contributed by atoms with Gasteiger partial charge in [0.15, 0.2) is 0 Å². The Kier molecular flexibility index (Phi) is 6.65. The molecule has 14 heteroatoms. The Morgan fingerprint density at radius 2 is 1.84 bits per heavy atom. The zero-order valence-corrected chi connectivity index (χ0v) is 23.9. The van der Waals surface area contributed by atoms with Crippen molar-refractivity contribution in [1.29, 1.82) is 0 Å². The summed E-state index contributed by atoms with van der Waals surface area (Å²) in [6, 6.07) is 10.1. The van der Waals surface area contributed by atoms with Gasteiger partial charge in [0, 0.05) is 40.3 Å². The summed E-state index contributed by atoms with van der Waals surface area (Å²) in [5.74, 6) is -4.21. The number of carbonyl (C=O) groups is 3. The first-order valence-corrected chi connectivity index (χ1v) is 15.4. The number of aliphatic carboxylic acids is 1. The van der Waals surface area contributed by atoms with Gasteiger partial charge in [-0.2, -0.15) is 0 Å². The Labute approximate surface area is 251 Å². The first-order chi connectivity index (χ1) is 20.6. The number of aromatic amines is 1. The lowest BCUT2D eigenvalue weighted by Gasteiger charge is -2.43.